The van der Waals surface area contributed by atoms with Gasteiger partial charge in [-0.2, -0.15) is 15.2 Å². The number of nitriles is 1. The van der Waals surface area contributed by atoms with Crippen molar-refractivity contribution in [2.45, 2.75) is 51.1 Å². The molecule has 2 aliphatic heterocycles. The number of hydrogen-bond donors (Lipinski definition) is 0. The number of likely N-dealkylation sites (N-methyl/N-ethyl adjacent to an activating group) is 1. The monoisotopic (exact) mass is 562 g/mol. The van der Waals surface area contributed by atoms with Crippen LogP contribution in [-0.2, 0) is 11.2 Å². The van der Waals surface area contributed by atoms with Crippen molar-refractivity contribution in [1.29, 1.82) is 5.26 Å². The number of ether oxygens (including phenoxy) is 1. The fourth-order valence-electron chi connectivity index (χ4n) is 6.75. The zero-order valence-electron chi connectivity index (χ0n) is 24.6. The number of likely N-dealkylation sites (tertiary alicyclic amines) is 1. The van der Waals surface area contributed by atoms with E-state index in [1.165, 1.54) is 40.0 Å². The Hall–Kier alpha value is -4.22. The minimum atomic E-state index is -0.232. The summed E-state index contributed by atoms with van der Waals surface area (Å²) < 4.78 is 6.29. The second-order valence-corrected chi connectivity index (χ2v) is 11.6. The molecule has 6 rings (SSSR count). The maximum Gasteiger partial charge on any atom is 0.318 e. The number of piperazine rings is 1. The Balaban J connectivity index is 1.39. The van der Waals surface area contributed by atoms with Crippen LogP contribution in [0.5, 0.6) is 6.01 Å². The lowest BCUT2D eigenvalue weighted by Crippen LogP contribution is -2.55. The molecule has 2 fully saturated rings. The highest BCUT2D eigenvalue weighted by Gasteiger charge is 2.33. The van der Waals surface area contributed by atoms with Gasteiger partial charge >= 0.3 is 6.01 Å². The largest absolute Gasteiger partial charge is 0.462 e. The van der Waals surface area contributed by atoms with Gasteiger partial charge in [-0.25, -0.2) is 0 Å². The summed E-state index contributed by atoms with van der Waals surface area (Å²) in [7, 11) is 2.14. The highest BCUT2D eigenvalue weighted by Crippen LogP contribution is 2.38. The Bertz CT molecular complexity index is 1590. The highest BCUT2D eigenvalue weighted by molar-refractivity contribution is 6.00. The fourth-order valence-corrected chi connectivity index (χ4v) is 6.75. The van der Waals surface area contributed by atoms with Gasteiger partial charge in [-0.3, -0.25) is 4.79 Å². The van der Waals surface area contributed by atoms with Crippen molar-refractivity contribution in [2.24, 2.45) is 0 Å². The molecular formula is C34H38N6O2. The van der Waals surface area contributed by atoms with Crippen LogP contribution < -0.4 is 9.64 Å². The van der Waals surface area contributed by atoms with Gasteiger partial charge in [-0.05, 0) is 85.8 Å². The summed E-state index contributed by atoms with van der Waals surface area (Å²) in [6.07, 6.45) is 7.76. The van der Waals surface area contributed by atoms with Gasteiger partial charge in [0.25, 0.3) is 0 Å². The summed E-state index contributed by atoms with van der Waals surface area (Å²) in [5, 5.41) is 12.0. The molecule has 1 amide bonds. The molecule has 2 saturated heterocycles. The number of fused-ring (bicyclic) bond motifs is 2. The van der Waals surface area contributed by atoms with Gasteiger partial charge in [0.1, 0.15) is 12.4 Å². The van der Waals surface area contributed by atoms with E-state index in [9.17, 15) is 10.1 Å². The zero-order valence-corrected chi connectivity index (χ0v) is 24.6. The molecule has 2 atom stereocenters. The van der Waals surface area contributed by atoms with E-state index in [1.54, 1.807) is 4.90 Å². The van der Waals surface area contributed by atoms with Gasteiger partial charge in [0.15, 0.2) is 0 Å². The highest BCUT2D eigenvalue weighted by atomic mass is 16.5. The Kier molecular flexibility index (Phi) is 7.94. The van der Waals surface area contributed by atoms with Gasteiger partial charge in [-0.15, -0.1) is 0 Å². The second kappa shape index (κ2) is 11.9. The predicted octanol–water partition coefficient (Wildman–Crippen LogP) is 5.01. The number of allylic oxidation sites excluding steroid dienone is 1. The molecular weight excluding hydrogens is 524 g/mol. The minimum absolute atomic E-state index is 0.137. The molecule has 8 heteroatoms. The van der Waals surface area contributed by atoms with Crippen LogP contribution in [0.15, 0.2) is 49.1 Å². The molecule has 0 radical (unpaired) electrons. The standard InChI is InChI=1S/C34H38N6O2/c1-4-31(41)40-19-18-39(21-26(40)15-16-35)33-29-14-13-25(28-12-6-10-24-9-5-8-23(2)32(24)28)20-30(29)36-34(37-33)42-22-27-11-7-17-38(27)3/h4-6,8-10,12,20,26-27H,1,7,11,13-15,17-19,21-22H2,2-3H3/t26-,27-/m0/s1. The van der Waals surface area contributed by atoms with Crippen LogP contribution in [0.3, 0.4) is 0 Å². The first-order chi connectivity index (χ1) is 20.5. The lowest BCUT2D eigenvalue weighted by Gasteiger charge is -2.41. The van der Waals surface area contributed by atoms with E-state index in [2.05, 4.69) is 78.9 Å². The molecule has 1 aromatic heterocycles. The Morgan fingerprint density at radius 3 is 2.74 bits per heavy atom. The van der Waals surface area contributed by atoms with Gasteiger partial charge in [-0.1, -0.05) is 43.0 Å². The van der Waals surface area contributed by atoms with Gasteiger partial charge < -0.3 is 19.4 Å². The van der Waals surface area contributed by atoms with Crippen molar-refractivity contribution in [3.8, 4) is 12.1 Å². The summed E-state index contributed by atoms with van der Waals surface area (Å²) in [6.45, 7) is 9.11. The number of aryl methyl sites for hydroxylation is 1. The molecule has 3 heterocycles. The van der Waals surface area contributed by atoms with Gasteiger partial charge in [0, 0.05) is 31.2 Å². The lowest BCUT2D eigenvalue weighted by molar-refractivity contribution is -0.128. The third kappa shape index (κ3) is 5.37. The number of amides is 1. The predicted molar refractivity (Wildman–Crippen MR) is 166 cm³/mol. The molecule has 0 unspecified atom stereocenters. The van der Waals surface area contributed by atoms with E-state index in [0.717, 1.165) is 42.9 Å². The van der Waals surface area contributed by atoms with Crippen molar-refractivity contribution < 1.29 is 9.53 Å². The van der Waals surface area contributed by atoms with E-state index in [0.29, 0.717) is 38.3 Å². The normalized spacial score (nSPS) is 20.6. The molecule has 1 aliphatic carbocycles. The summed E-state index contributed by atoms with van der Waals surface area (Å²) in [4.78, 5) is 28.8. The molecule has 3 aromatic rings. The Morgan fingerprint density at radius 2 is 1.98 bits per heavy atom. The Morgan fingerprint density at radius 1 is 1.14 bits per heavy atom. The number of anilines is 1. The summed E-state index contributed by atoms with van der Waals surface area (Å²) in [5.41, 5.74) is 5.76. The maximum atomic E-state index is 12.5. The van der Waals surface area contributed by atoms with Crippen molar-refractivity contribution in [1.82, 2.24) is 19.8 Å². The third-order valence-electron chi connectivity index (χ3n) is 9.05. The Labute approximate surface area is 247 Å². The zero-order chi connectivity index (χ0) is 29.2. The second-order valence-electron chi connectivity index (χ2n) is 11.6. The van der Waals surface area contributed by atoms with Crippen molar-refractivity contribution >= 4 is 34.1 Å². The van der Waals surface area contributed by atoms with Crippen molar-refractivity contribution in [3.05, 3.63) is 71.4 Å². The van der Waals surface area contributed by atoms with E-state index >= 15 is 0 Å². The SMILES string of the molecule is C=CC(=O)N1CCN(c2nc(OC[C@@H]3CCCN3C)nc3c2CCC(c2cccc4cccc(C)c24)=C3)C[C@@H]1CC#N. The van der Waals surface area contributed by atoms with E-state index in [-0.39, 0.29) is 18.4 Å². The van der Waals surface area contributed by atoms with Crippen LogP contribution in [0, 0.1) is 18.3 Å². The molecule has 8 nitrogen and oxygen atoms in total. The topological polar surface area (TPSA) is 85.6 Å². The molecule has 0 N–H and O–H groups in total. The molecule has 0 saturated carbocycles. The molecule has 3 aliphatic rings. The van der Waals surface area contributed by atoms with Crippen molar-refractivity contribution in [2.75, 3.05) is 44.7 Å². The number of carbonyl (C=O) groups excluding carboxylic acids is 1. The minimum Gasteiger partial charge on any atom is -0.462 e. The number of hydrogen-bond acceptors (Lipinski definition) is 7. The number of benzene rings is 2. The summed E-state index contributed by atoms with van der Waals surface area (Å²) in [6, 6.07) is 15.7. The van der Waals surface area contributed by atoms with Crippen molar-refractivity contribution in [3.63, 3.8) is 0 Å². The van der Waals surface area contributed by atoms with Crippen LogP contribution in [0.1, 0.15) is 48.1 Å². The number of rotatable bonds is 7. The quantitative estimate of drug-likeness (QED) is 0.374. The number of carbonyl (C=O) groups is 1. The average Bonchev–Trinajstić information content (AvgIpc) is 3.43. The van der Waals surface area contributed by atoms with Gasteiger partial charge in [0.05, 0.1) is 24.2 Å². The molecule has 0 bridgehead atoms. The maximum absolute atomic E-state index is 12.5. The van der Waals surface area contributed by atoms with Crippen LogP contribution in [0.4, 0.5) is 5.82 Å². The number of nitrogens with zero attached hydrogens (tertiary/aromatic N) is 6. The van der Waals surface area contributed by atoms with E-state index in [1.807, 2.05) is 0 Å². The average molecular weight is 563 g/mol. The van der Waals surface area contributed by atoms with Crippen LogP contribution in [-0.4, -0.2) is 77.6 Å². The van der Waals surface area contributed by atoms with E-state index in [4.69, 9.17) is 14.7 Å². The third-order valence-corrected chi connectivity index (χ3v) is 9.05. The molecule has 42 heavy (non-hydrogen) atoms. The van der Waals surface area contributed by atoms with Crippen LogP contribution >= 0.6 is 0 Å². The fraction of sp³-hybridized carbons (Fsp3) is 0.412. The lowest BCUT2D eigenvalue weighted by atomic mass is 9.87. The molecule has 2 aromatic carbocycles. The smallest absolute Gasteiger partial charge is 0.318 e. The first-order valence-corrected chi connectivity index (χ1v) is 14.9. The first kappa shape index (κ1) is 27.9. The van der Waals surface area contributed by atoms with E-state index < -0.39 is 0 Å². The van der Waals surface area contributed by atoms with Crippen LogP contribution in [0.25, 0.3) is 22.4 Å². The first-order valence-electron chi connectivity index (χ1n) is 14.9. The van der Waals surface area contributed by atoms with Crippen LogP contribution in [0.2, 0.25) is 0 Å². The van der Waals surface area contributed by atoms with Gasteiger partial charge in [0.2, 0.25) is 5.91 Å². The molecule has 216 valence electrons. The molecule has 0 spiro atoms. The summed E-state index contributed by atoms with van der Waals surface area (Å²) >= 11 is 0. The number of aromatic nitrogens is 2. The summed E-state index contributed by atoms with van der Waals surface area (Å²) in [5.74, 6) is 0.718.